The Bertz CT molecular complexity index is 368. The van der Waals surface area contributed by atoms with Gasteiger partial charge in [0.25, 0.3) is 0 Å². The predicted molar refractivity (Wildman–Crippen MR) is 59.6 cm³/mol. The first-order valence-corrected chi connectivity index (χ1v) is 5.26. The third kappa shape index (κ3) is 3.53. The minimum atomic E-state index is -0.858. The van der Waals surface area contributed by atoms with E-state index in [0.717, 1.165) is 5.56 Å². The van der Waals surface area contributed by atoms with Gasteiger partial charge >= 0.3 is 5.97 Å². The van der Waals surface area contributed by atoms with E-state index >= 15 is 0 Å². The Balaban J connectivity index is 2.69. The second-order valence-corrected chi connectivity index (χ2v) is 4.10. The van der Waals surface area contributed by atoms with Gasteiger partial charge in [0, 0.05) is 12.5 Å². The molecule has 0 fully saturated rings. The van der Waals surface area contributed by atoms with Crippen molar-refractivity contribution in [3.05, 3.63) is 28.2 Å². The summed E-state index contributed by atoms with van der Waals surface area (Å²) in [4.78, 5) is 10.4. The first-order valence-electron chi connectivity index (χ1n) is 4.46. The number of nitrogens with two attached hydrogens (primary N) is 1. The molecule has 0 aliphatic heterocycles. The first kappa shape index (κ1) is 12.0. The molecule has 0 saturated heterocycles. The van der Waals surface area contributed by atoms with Crippen molar-refractivity contribution in [2.75, 3.05) is 0 Å². The van der Waals surface area contributed by atoms with E-state index in [0.29, 0.717) is 10.9 Å². The maximum absolute atomic E-state index is 10.4. The van der Waals surface area contributed by atoms with Crippen LogP contribution in [0.2, 0.25) is 0 Å². The second kappa shape index (κ2) is 5.14. The fourth-order valence-electron chi connectivity index (χ4n) is 1.20. The lowest BCUT2D eigenvalue weighted by molar-refractivity contribution is -0.137. The van der Waals surface area contributed by atoms with E-state index in [4.69, 9.17) is 10.8 Å². The third-order valence-electron chi connectivity index (χ3n) is 2.07. The molecule has 0 aromatic heterocycles. The summed E-state index contributed by atoms with van der Waals surface area (Å²) in [5.74, 6) is -0.715. The van der Waals surface area contributed by atoms with Crippen molar-refractivity contribution in [1.29, 1.82) is 0 Å². The summed E-state index contributed by atoms with van der Waals surface area (Å²) in [5, 5.41) is 17.8. The molecule has 0 spiro atoms. The van der Waals surface area contributed by atoms with Crippen LogP contribution in [0.1, 0.15) is 24.4 Å². The number of carboxylic acids is 1. The minimum absolute atomic E-state index is 0.0413. The molecule has 1 aromatic rings. The van der Waals surface area contributed by atoms with E-state index in [1.54, 1.807) is 12.1 Å². The van der Waals surface area contributed by atoms with Crippen LogP contribution in [-0.4, -0.2) is 16.2 Å². The summed E-state index contributed by atoms with van der Waals surface area (Å²) in [6, 6.07) is 4.59. The van der Waals surface area contributed by atoms with Gasteiger partial charge in [-0.2, -0.15) is 0 Å². The molecule has 1 rings (SSSR count). The van der Waals surface area contributed by atoms with E-state index in [1.807, 2.05) is 0 Å². The quantitative estimate of drug-likeness (QED) is 0.784. The van der Waals surface area contributed by atoms with Crippen molar-refractivity contribution in [2.45, 2.75) is 18.9 Å². The molecule has 0 saturated carbocycles. The Kier molecular flexibility index (Phi) is 4.11. The Morgan fingerprint density at radius 3 is 2.73 bits per heavy atom. The number of aliphatic carboxylic acids is 1. The standard InChI is InChI=1S/C10H12BrNO3/c11-7-5-6(1-3-9(7)13)8(12)2-4-10(14)15/h1,3,5,8,13H,2,4,12H2,(H,14,15). The summed E-state index contributed by atoms with van der Waals surface area (Å²) >= 11 is 3.17. The number of phenolic OH excluding ortho intramolecular Hbond substituents is 1. The first-order chi connectivity index (χ1) is 7.00. The molecule has 0 aliphatic rings. The Labute approximate surface area is 95.8 Å². The fraction of sp³-hybridized carbons (Fsp3) is 0.300. The summed E-state index contributed by atoms with van der Waals surface area (Å²) in [6.07, 6.45) is 0.423. The second-order valence-electron chi connectivity index (χ2n) is 3.25. The van der Waals surface area contributed by atoms with Crippen LogP contribution in [0.15, 0.2) is 22.7 Å². The van der Waals surface area contributed by atoms with Gasteiger partial charge in [-0.15, -0.1) is 0 Å². The lowest BCUT2D eigenvalue weighted by atomic mass is 10.0. The molecule has 1 unspecified atom stereocenters. The third-order valence-corrected chi connectivity index (χ3v) is 2.70. The van der Waals surface area contributed by atoms with Crippen molar-refractivity contribution in [3.63, 3.8) is 0 Å². The number of rotatable bonds is 4. The van der Waals surface area contributed by atoms with Gasteiger partial charge in [0.05, 0.1) is 4.47 Å². The van der Waals surface area contributed by atoms with Gasteiger partial charge in [-0.3, -0.25) is 4.79 Å². The summed E-state index contributed by atoms with van der Waals surface area (Å²) in [5.41, 5.74) is 6.60. The van der Waals surface area contributed by atoms with Crippen LogP contribution in [0.3, 0.4) is 0 Å². The van der Waals surface area contributed by atoms with Gasteiger partial charge in [-0.25, -0.2) is 0 Å². The minimum Gasteiger partial charge on any atom is -0.507 e. The van der Waals surface area contributed by atoms with Crippen molar-refractivity contribution in [3.8, 4) is 5.75 Å². The molecular weight excluding hydrogens is 262 g/mol. The zero-order valence-electron chi connectivity index (χ0n) is 7.98. The van der Waals surface area contributed by atoms with Crippen LogP contribution >= 0.6 is 15.9 Å². The summed E-state index contributed by atoms with van der Waals surface area (Å²) < 4.78 is 0.561. The van der Waals surface area contributed by atoms with Crippen molar-refractivity contribution >= 4 is 21.9 Å². The molecule has 0 heterocycles. The van der Waals surface area contributed by atoms with Crippen LogP contribution in [0.5, 0.6) is 5.75 Å². The van der Waals surface area contributed by atoms with Gasteiger partial charge in [-0.05, 0) is 40.0 Å². The lowest BCUT2D eigenvalue weighted by Crippen LogP contribution is -2.12. The monoisotopic (exact) mass is 273 g/mol. The maximum Gasteiger partial charge on any atom is 0.303 e. The number of aromatic hydroxyl groups is 1. The van der Waals surface area contributed by atoms with Crippen LogP contribution in [0, 0.1) is 0 Å². The molecule has 0 aliphatic carbocycles. The number of carboxylic acid groups (broad SMARTS) is 1. The van der Waals surface area contributed by atoms with E-state index in [1.165, 1.54) is 6.07 Å². The summed E-state index contributed by atoms with van der Waals surface area (Å²) in [7, 11) is 0. The highest BCUT2D eigenvalue weighted by atomic mass is 79.9. The maximum atomic E-state index is 10.4. The van der Waals surface area contributed by atoms with Gasteiger partial charge in [0.15, 0.2) is 0 Å². The van der Waals surface area contributed by atoms with E-state index in [9.17, 15) is 9.90 Å². The van der Waals surface area contributed by atoms with Crippen molar-refractivity contribution in [1.82, 2.24) is 0 Å². The highest BCUT2D eigenvalue weighted by molar-refractivity contribution is 9.10. The Morgan fingerprint density at radius 2 is 2.20 bits per heavy atom. The number of phenols is 1. The number of carbonyl (C=O) groups is 1. The highest BCUT2D eigenvalue weighted by Crippen LogP contribution is 2.27. The van der Waals surface area contributed by atoms with Crippen molar-refractivity contribution in [2.24, 2.45) is 5.73 Å². The number of halogens is 1. The van der Waals surface area contributed by atoms with Gasteiger partial charge in [0.1, 0.15) is 5.75 Å². The lowest BCUT2D eigenvalue weighted by Gasteiger charge is -2.11. The molecule has 4 nitrogen and oxygen atoms in total. The summed E-state index contributed by atoms with van der Waals surface area (Å²) in [6.45, 7) is 0. The highest BCUT2D eigenvalue weighted by Gasteiger charge is 2.09. The molecule has 82 valence electrons. The largest absolute Gasteiger partial charge is 0.507 e. The van der Waals surface area contributed by atoms with Gasteiger partial charge < -0.3 is 15.9 Å². The van der Waals surface area contributed by atoms with Crippen LogP contribution in [0.25, 0.3) is 0 Å². The van der Waals surface area contributed by atoms with E-state index in [-0.39, 0.29) is 18.2 Å². The Morgan fingerprint density at radius 1 is 1.53 bits per heavy atom. The fourth-order valence-corrected chi connectivity index (χ4v) is 1.60. The average Bonchev–Trinajstić information content (AvgIpc) is 2.18. The van der Waals surface area contributed by atoms with Crippen LogP contribution in [-0.2, 0) is 4.79 Å². The molecule has 0 bridgehead atoms. The van der Waals surface area contributed by atoms with Gasteiger partial charge in [0.2, 0.25) is 0 Å². The molecule has 1 aromatic carbocycles. The SMILES string of the molecule is NC(CCC(=O)O)c1ccc(O)c(Br)c1. The van der Waals surface area contributed by atoms with Gasteiger partial charge in [-0.1, -0.05) is 6.07 Å². The molecule has 0 radical (unpaired) electrons. The Hall–Kier alpha value is -1.07. The molecule has 1 atom stereocenters. The molecule has 5 heteroatoms. The smallest absolute Gasteiger partial charge is 0.303 e. The predicted octanol–water partition coefficient (Wildman–Crippen LogP) is 2.02. The molecular formula is C10H12BrNO3. The zero-order chi connectivity index (χ0) is 11.4. The number of benzene rings is 1. The van der Waals surface area contributed by atoms with Crippen molar-refractivity contribution < 1.29 is 15.0 Å². The van der Waals surface area contributed by atoms with E-state index in [2.05, 4.69) is 15.9 Å². The topological polar surface area (TPSA) is 83.6 Å². The average molecular weight is 274 g/mol. The molecule has 4 N–H and O–H groups in total. The molecule has 0 amide bonds. The number of hydrogen-bond donors (Lipinski definition) is 3. The molecule has 15 heavy (non-hydrogen) atoms. The van der Waals surface area contributed by atoms with E-state index < -0.39 is 5.97 Å². The normalized spacial score (nSPS) is 12.4. The number of hydrogen-bond acceptors (Lipinski definition) is 3. The van der Waals surface area contributed by atoms with Crippen LogP contribution in [0.4, 0.5) is 0 Å². The van der Waals surface area contributed by atoms with Crippen LogP contribution < -0.4 is 5.73 Å². The zero-order valence-corrected chi connectivity index (χ0v) is 9.57.